The summed E-state index contributed by atoms with van der Waals surface area (Å²) >= 11 is 0. The van der Waals surface area contributed by atoms with Crippen molar-refractivity contribution in [3.8, 4) is 5.75 Å². The largest absolute Gasteiger partial charge is 0.494 e. The first-order valence-corrected chi connectivity index (χ1v) is 7.60. The lowest BCUT2D eigenvalue weighted by Crippen LogP contribution is -2.20. The number of hydrogen-bond donors (Lipinski definition) is 1. The summed E-state index contributed by atoms with van der Waals surface area (Å²) in [5, 5.41) is 2.64. The van der Waals surface area contributed by atoms with Gasteiger partial charge in [0, 0.05) is 11.8 Å². The summed E-state index contributed by atoms with van der Waals surface area (Å²) in [5.74, 6) is -0.241. The zero-order valence-corrected chi connectivity index (χ0v) is 13.4. The van der Waals surface area contributed by atoms with Crippen LogP contribution in [0.1, 0.15) is 12.5 Å². The molecular formula is C19H19NO4. The van der Waals surface area contributed by atoms with Crippen LogP contribution in [0.4, 0.5) is 5.69 Å². The van der Waals surface area contributed by atoms with E-state index in [0.29, 0.717) is 12.3 Å². The summed E-state index contributed by atoms with van der Waals surface area (Å²) in [7, 11) is 0. The Morgan fingerprint density at radius 1 is 1.04 bits per heavy atom. The molecule has 24 heavy (non-hydrogen) atoms. The second kappa shape index (κ2) is 9.15. The van der Waals surface area contributed by atoms with Gasteiger partial charge in [0.2, 0.25) is 0 Å². The minimum Gasteiger partial charge on any atom is -0.494 e. The first-order chi connectivity index (χ1) is 11.7. The van der Waals surface area contributed by atoms with E-state index in [0.717, 1.165) is 11.3 Å². The second-order valence-corrected chi connectivity index (χ2v) is 4.86. The Balaban J connectivity index is 1.76. The molecule has 124 valence electrons. The number of benzene rings is 2. The summed E-state index contributed by atoms with van der Waals surface area (Å²) in [6.07, 6.45) is 2.92. The number of carbonyl (C=O) groups is 2. The van der Waals surface area contributed by atoms with Gasteiger partial charge in [0.25, 0.3) is 5.91 Å². The van der Waals surface area contributed by atoms with Crippen LogP contribution in [0.5, 0.6) is 5.75 Å². The molecule has 0 aliphatic heterocycles. The number of esters is 1. The first-order valence-electron chi connectivity index (χ1n) is 7.60. The summed E-state index contributed by atoms with van der Waals surface area (Å²) < 4.78 is 10.2. The SMILES string of the molecule is CCOc1ccc(NC(=O)COC(=O)/C=C/c2ccccc2)cc1. The molecule has 0 aliphatic rings. The molecule has 0 saturated carbocycles. The number of carbonyl (C=O) groups excluding carboxylic acids is 2. The molecule has 0 saturated heterocycles. The van der Waals surface area contributed by atoms with E-state index in [1.165, 1.54) is 6.08 Å². The molecule has 0 atom stereocenters. The molecule has 5 nitrogen and oxygen atoms in total. The van der Waals surface area contributed by atoms with E-state index in [2.05, 4.69) is 5.32 Å². The fraction of sp³-hybridized carbons (Fsp3) is 0.158. The smallest absolute Gasteiger partial charge is 0.331 e. The van der Waals surface area contributed by atoms with Crippen LogP contribution in [-0.2, 0) is 14.3 Å². The van der Waals surface area contributed by atoms with Crippen LogP contribution >= 0.6 is 0 Å². The Bertz CT molecular complexity index is 693. The Morgan fingerprint density at radius 2 is 1.75 bits per heavy atom. The van der Waals surface area contributed by atoms with E-state index < -0.39 is 11.9 Å². The van der Waals surface area contributed by atoms with Crippen molar-refractivity contribution in [3.63, 3.8) is 0 Å². The third-order valence-corrected chi connectivity index (χ3v) is 3.01. The molecule has 0 aliphatic carbocycles. The standard InChI is InChI=1S/C19H19NO4/c1-2-23-17-11-9-16(10-12-17)20-18(21)14-24-19(22)13-8-15-6-4-3-5-7-15/h3-13H,2,14H2,1H3,(H,20,21)/b13-8+. The molecule has 1 amide bonds. The zero-order valence-electron chi connectivity index (χ0n) is 13.4. The minimum absolute atomic E-state index is 0.342. The van der Waals surface area contributed by atoms with Crippen molar-refractivity contribution >= 4 is 23.6 Å². The molecule has 0 heterocycles. The van der Waals surface area contributed by atoms with Crippen LogP contribution in [0.3, 0.4) is 0 Å². The molecule has 0 spiro atoms. The maximum atomic E-state index is 11.8. The zero-order chi connectivity index (χ0) is 17.2. The monoisotopic (exact) mass is 325 g/mol. The molecule has 5 heteroatoms. The second-order valence-electron chi connectivity index (χ2n) is 4.86. The molecule has 2 rings (SSSR count). The number of amides is 1. The van der Waals surface area contributed by atoms with Crippen molar-refractivity contribution < 1.29 is 19.1 Å². The van der Waals surface area contributed by atoms with Crippen LogP contribution in [0.15, 0.2) is 60.7 Å². The van der Waals surface area contributed by atoms with Gasteiger partial charge in [0.05, 0.1) is 6.61 Å². The van der Waals surface area contributed by atoms with Crippen molar-refractivity contribution in [2.45, 2.75) is 6.92 Å². The van der Waals surface area contributed by atoms with E-state index in [9.17, 15) is 9.59 Å². The summed E-state index contributed by atoms with van der Waals surface area (Å²) in [4.78, 5) is 23.3. The molecule has 2 aromatic rings. The third kappa shape index (κ3) is 5.96. The lowest BCUT2D eigenvalue weighted by molar-refractivity contribution is -0.142. The summed E-state index contributed by atoms with van der Waals surface area (Å²) in [6.45, 7) is 2.14. The number of rotatable bonds is 7. The molecule has 0 bridgehead atoms. The van der Waals surface area contributed by atoms with Crippen LogP contribution in [0, 0.1) is 0 Å². The first kappa shape index (κ1) is 17.3. The van der Waals surface area contributed by atoms with Gasteiger partial charge in [-0.3, -0.25) is 4.79 Å². The van der Waals surface area contributed by atoms with Crippen molar-refractivity contribution in [2.24, 2.45) is 0 Å². The topological polar surface area (TPSA) is 64.6 Å². The fourth-order valence-corrected chi connectivity index (χ4v) is 1.91. The maximum Gasteiger partial charge on any atom is 0.331 e. The van der Waals surface area contributed by atoms with Gasteiger partial charge in [-0.05, 0) is 42.8 Å². The van der Waals surface area contributed by atoms with Crippen molar-refractivity contribution in [1.82, 2.24) is 0 Å². The number of ether oxygens (including phenoxy) is 2. The average Bonchev–Trinajstić information content (AvgIpc) is 2.61. The number of nitrogens with one attached hydrogen (secondary N) is 1. The number of anilines is 1. The minimum atomic E-state index is -0.569. The van der Waals surface area contributed by atoms with E-state index in [-0.39, 0.29) is 6.61 Å². The molecule has 0 aromatic heterocycles. The molecule has 0 unspecified atom stereocenters. The molecule has 0 radical (unpaired) electrons. The predicted octanol–water partition coefficient (Wildman–Crippen LogP) is 3.28. The van der Waals surface area contributed by atoms with E-state index in [1.807, 2.05) is 37.3 Å². The highest BCUT2D eigenvalue weighted by atomic mass is 16.5. The van der Waals surface area contributed by atoms with Gasteiger partial charge < -0.3 is 14.8 Å². The lowest BCUT2D eigenvalue weighted by atomic mass is 10.2. The normalized spacial score (nSPS) is 10.4. The van der Waals surface area contributed by atoms with Crippen LogP contribution < -0.4 is 10.1 Å². The highest BCUT2D eigenvalue weighted by Gasteiger charge is 2.06. The van der Waals surface area contributed by atoms with Gasteiger partial charge in [-0.1, -0.05) is 30.3 Å². The van der Waals surface area contributed by atoms with Gasteiger partial charge in [-0.15, -0.1) is 0 Å². The molecule has 1 N–H and O–H groups in total. The Morgan fingerprint density at radius 3 is 2.42 bits per heavy atom. The highest BCUT2D eigenvalue weighted by molar-refractivity contribution is 5.94. The van der Waals surface area contributed by atoms with E-state index >= 15 is 0 Å². The Hall–Kier alpha value is -3.08. The quantitative estimate of drug-likeness (QED) is 0.627. The maximum absolute atomic E-state index is 11.8. The van der Waals surface area contributed by atoms with Crippen LogP contribution in [-0.4, -0.2) is 25.1 Å². The highest BCUT2D eigenvalue weighted by Crippen LogP contribution is 2.15. The van der Waals surface area contributed by atoms with Crippen molar-refractivity contribution in [2.75, 3.05) is 18.5 Å². The number of hydrogen-bond acceptors (Lipinski definition) is 4. The Labute approximate surface area is 140 Å². The molecule has 2 aromatic carbocycles. The Kier molecular flexibility index (Phi) is 6.58. The van der Waals surface area contributed by atoms with Crippen molar-refractivity contribution in [3.05, 3.63) is 66.2 Å². The van der Waals surface area contributed by atoms with Crippen molar-refractivity contribution in [1.29, 1.82) is 0 Å². The predicted molar refractivity (Wildman–Crippen MR) is 92.7 cm³/mol. The fourth-order valence-electron chi connectivity index (χ4n) is 1.91. The molecular weight excluding hydrogens is 306 g/mol. The van der Waals surface area contributed by atoms with Gasteiger partial charge >= 0.3 is 5.97 Å². The third-order valence-electron chi connectivity index (χ3n) is 3.01. The average molecular weight is 325 g/mol. The summed E-state index contributed by atoms with van der Waals surface area (Å²) in [5.41, 5.74) is 1.49. The summed E-state index contributed by atoms with van der Waals surface area (Å²) in [6, 6.07) is 16.3. The van der Waals surface area contributed by atoms with E-state index in [1.54, 1.807) is 30.3 Å². The van der Waals surface area contributed by atoms with Gasteiger partial charge in [-0.25, -0.2) is 4.79 Å². The van der Waals surface area contributed by atoms with Gasteiger partial charge in [0.15, 0.2) is 6.61 Å². The molecule has 0 fully saturated rings. The lowest BCUT2D eigenvalue weighted by Gasteiger charge is -2.07. The van der Waals surface area contributed by atoms with Gasteiger partial charge in [-0.2, -0.15) is 0 Å². The van der Waals surface area contributed by atoms with Gasteiger partial charge in [0.1, 0.15) is 5.75 Å². The van der Waals surface area contributed by atoms with Crippen LogP contribution in [0.2, 0.25) is 0 Å². The van der Waals surface area contributed by atoms with Crippen LogP contribution in [0.25, 0.3) is 6.08 Å². The van der Waals surface area contributed by atoms with E-state index in [4.69, 9.17) is 9.47 Å².